The number of nitrogens with zero attached hydrogens (tertiary/aromatic N) is 1. The molecule has 0 N–H and O–H groups in total. The molecule has 9 aromatic carbocycles. The molecule has 0 aliphatic heterocycles. The summed E-state index contributed by atoms with van der Waals surface area (Å²) < 4.78 is 2.40. The lowest BCUT2D eigenvalue weighted by molar-refractivity contribution is 1.18. The average Bonchev–Trinajstić information content (AvgIpc) is 3.51. The molecule has 0 amide bonds. The van der Waals surface area contributed by atoms with Gasteiger partial charge in [0.05, 0.1) is 11.0 Å². The highest BCUT2D eigenvalue weighted by Gasteiger charge is 2.14. The van der Waals surface area contributed by atoms with Crippen LogP contribution < -0.4 is 0 Å². The van der Waals surface area contributed by atoms with Crippen LogP contribution in [0.1, 0.15) is 0 Å². The summed E-state index contributed by atoms with van der Waals surface area (Å²) in [5, 5.41) is 10.1. The Morgan fingerprint density at radius 3 is 1.53 bits per heavy atom. The van der Waals surface area contributed by atoms with Crippen molar-refractivity contribution >= 4 is 54.1 Å². The van der Waals surface area contributed by atoms with Crippen molar-refractivity contribution in [1.82, 2.24) is 4.57 Å². The average molecular weight is 622 g/mol. The number of aromatic nitrogens is 1. The van der Waals surface area contributed by atoms with E-state index in [-0.39, 0.29) is 0 Å². The standard InChI is InChI=1S/C48H31N/c1-2-10-35-28-37(17-16-32(35)8-1)40-21-20-38-29-36(18-19-39(38)30-40)33-22-25-42(26-23-33)49-47-15-6-5-13-45(47)46-31-41(24-27-48(46)49)44-14-7-11-34-9-3-4-12-43(34)44/h1-31H. The van der Waals surface area contributed by atoms with E-state index in [4.69, 9.17) is 0 Å². The van der Waals surface area contributed by atoms with Crippen LogP contribution in [0.25, 0.3) is 93.2 Å². The number of hydrogen-bond acceptors (Lipinski definition) is 0. The summed E-state index contributed by atoms with van der Waals surface area (Å²) in [5.74, 6) is 0. The molecule has 10 aromatic rings. The van der Waals surface area contributed by atoms with Crippen molar-refractivity contribution in [2.24, 2.45) is 0 Å². The Labute approximate surface area is 284 Å². The summed E-state index contributed by atoms with van der Waals surface area (Å²) in [6.07, 6.45) is 0. The van der Waals surface area contributed by atoms with Crippen molar-refractivity contribution < 1.29 is 0 Å². The van der Waals surface area contributed by atoms with E-state index in [2.05, 4.69) is 193 Å². The van der Waals surface area contributed by atoms with Crippen LogP contribution in [0, 0.1) is 0 Å². The summed E-state index contributed by atoms with van der Waals surface area (Å²) in [7, 11) is 0. The first kappa shape index (κ1) is 27.7. The van der Waals surface area contributed by atoms with Crippen molar-refractivity contribution in [2.45, 2.75) is 0 Å². The van der Waals surface area contributed by atoms with Crippen LogP contribution >= 0.6 is 0 Å². The van der Waals surface area contributed by atoms with Crippen LogP contribution in [-0.4, -0.2) is 4.57 Å². The maximum atomic E-state index is 2.40. The van der Waals surface area contributed by atoms with Crippen LogP contribution in [0.15, 0.2) is 188 Å². The molecule has 0 aliphatic carbocycles. The minimum Gasteiger partial charge on any atom is -0.309 e. The normalized spacial score (nSPS) is 11.7. The first-order valence-electron chi connectivity index (χ1n) is 16.9. The van der Waals surface area contributed by atoms with Gasteiger partial charge in [-0.05, 0) is 114 Å². The van der Waals surface area contributed by atoms with Crippen molar-refractivity contribution in [3.8, 4) is 39.1 Å². The smallest absolute Gasteiger partial charge is 0.0541 e. The van der Waals surface area contributed by atoms with Crippen LogP contribution in [0.3, 0.4) is 0 Å². The third kappa shape index (κ3) is 4.63. The SMILES string of the molecule is c1ccc2cc(-c3ccc4cc(-c5ccc(-n6c7ccccc7c7cc(-c8cccc9ccccc89)ccc76)cc5)ccc4c3)ccc2c1. The highest BCUT2D eigenvalue weighted by molar-refractivity contribution is 6.11. The van der Waals surface area contributed by atoms with Crippen molar-refractivity contribution in [1.29, 1.82) is 0 Å². The summed E-state index contributed by atoms with van der Waals surface area (Å²) in [4.78, 5) is 0. The fraction of sp³-hybridized carbons (Fsp3) is 0. The highest BCUT2D eigenvalue weighted by Crippen LogP contribution is 2.37. The lowest BCUT2D eigenvalue weighted by Crippen LogP contribution is -1.93. The maximum absolute atomic E-state index is 2.40. The molecule has 0 fully saturated rings. The molecule has 0 saturated carbocycles. The number of para-hydroxylation sites is 1. The molecule has 0 bridgehead atoms. The van der Waals surface area contributed by atoms with Crippen molar-refractivity contribution in [2.75, 3.05) is 0 Å². The van der Waals surface area contributed by atoms with E-state index in [9.17, 15) is 0 Å². The largest absolute Gasteiger partial charge is 0.309 e. The summed E-state index contributed by atoms with van der Waals surface area (Å²) in [5.41, 5.74) is 11.0. The van der Waals surface area contributed by atoms with E-state index in [1.807, 2.05) is 0 Å². The van der Waals surface area contributed by atoms with Gasteiger partial charge in [0.25, 0.3) is 0 Å². The van der Waals surface area contributed by atoms with Crippen LogP contribution in [0.2, 0.25) is 0 Å². The predicted molar refractivity (Wildman–Crippen MR) is 210 cm³/mol. The number of hydrogen-bond donors (Lipinski definition) is 0. The molecule has 0 saturated heterocycles. The van der Waals surface area contributed by atoms with E-state index >= 15 is 0 Å². The first-order valence-corrected chi connectivity index (χ1v) is 16.9. The first-order chi connectivity index (χ1) is 24.3. The maximum Gasteiger partial charge on any atom is 0.0541 e. The van der Waals surface area contributed by atoms with Gasteiger partial charge in [-0.1, -0.05) is 140 Å². The second-order valence-electron chi connectivity index (χ2n) is 13.0. The van der Waals surface area contributed by atoms with E-state index < -0.39 is 0 Å². The Hall–Kier alpha value is -6.44. The zero-order valence-electron chi connectivity index (χ0n) is 26.8. The van der Waals surface area contributed by atoms with Gasteiger partial charge in [0, 0.05) is 16.5 Å². The molecule has 0 aliphatic rings. The fourth-order valence-corrected chi connectivity index (χ4v) is 7.67. The molecule has 49 heavy (non-hydrogen) atoms. The molecule has 1 heteroatoms. The predicted octanol–water partition coefficient (Wildman–Crippen LogP) is 13.2. The van der Waals surface area contributed by atoms with Gasteiger partial charge in [0.15, 0.2) is 0 Å². The number of fused-ring (bicyclic) bond motifs is 6. The Morgan fingerprint density at radius 1 is 0.265 bits per heavy atom. The van der Waals surface area contributed by atoms with Crippen molar-refractivity contribution in [3.63, 3.8) is 0 Å². The van der Waals surface area contributed by atoms with Crippen LogP contribution in [0.4, 0.5) is 0 Å². The van der Waals surface area contributed by atoms with Gasteiger partial charge in [0.1, 0.15) is 0 Å². The molecule has 0 spiro atoms. The molecular formula is C48H31N. The molecule has 0 atom stereocenters. The molecule has 10 rings (SSSR count). The molecule has 0 radical (unpaired) electrons. The molecule has 228 valence electrons. The highest BCUT2D eigenvalue weighted by atomic mass is 15.0. The van der Waals surface area contributed by atoms with Gasteiger partial charge in [-0.3, -0.25) is 0 Å². The topological polar surface area (TPSA) is 4.93 Å². The lowest BCUT2D eigenvalue weighted by Gasteiger charge is -2.11. The summed E-state index contributed by atoms with van der Waals surface area (Å²) in [6.45, 7) is 0. The third-order valence-electron chi connectivity index (χ3n) is 10.2. The Balaban J connectivity index is 1.01. The fourth-order valence-electron chi connectivity index (χ4n) is 7.67. The van der Waals surface area contributed by atoms with Gasteiger partial charge in [0.2, 0.25) is 0 Å². The van der Waals surface area contributed by atoms with Crippen molar-refractivity contribution in [3.05, 3.63) is 188 Å². The lowest BCUT2D eigenvalue weighted by atomic mass is 9.96. The molecule has 1 aromatic heterocycles. The molecular weight excluding hydrogens is 591 g/mol. The Morgan fingerprint density at radius 2 is 0.776 bits per heavy atom. The van der Waals surface area contributed by atoms with Gasteiger partial charge >= 0.3 is 0 Å². The zero-order chi connectivity index (χ0) is 32.3. The zero-order valence-corrected chi connectivity index (χ0v) is 26.8. The van der Waals surface area contributed by atoms with Gasteiger partial charge in [-0.15, -0.1) is 0 Å². The number of rotatable bonds is 4. The summed E-state index contributed by atoms with van der Waals surface area (Å²) in [6, 6.07) is 68.8. The molecule has 0 unspecified atom stereocenters. The summed E-state index contributed by atoms with van der Waals surface area (Å²) >= 11 is 0. The van der Waals surface area contributed by atoms with E-state index in [0.717, 1.165) is 5.69 Å². The van der Waals surface area contributed by atoms with Crippen LogP contribution in [-0.2, 0) is 0 Å². The monoisotopic (exact) mass is 621 g/mol. The van der Waals surface area contributed by atoms with Crippen LogP contribution in [0.5, 0.6) is 0 Å². The van der Waals surface area contributed by atoms with Gasteiger partial charge in [-0.25, -0.2) is 0 Å². The second-order valence-corrected chi connectivity index (χ2v) is 13.0. The van der Waals surface area contributed by atoms with E-state index in [0.29, 0.717) is 0 Å². The molecule has 1 heterocycles. The van der Waals surface area contributed by atoms with Gasteiger partial charge < -0.3 is 4.57 Å². The van der Waals surface area contributed by atoms with Gasteiger partial charge in [-0.2, -0.15) is 0 Å². The quantitative estimate of drug-likeness (QED) is 0.184. The second kappa shape index (κ2) is 11.1. The molecule has 1 nitrogen and oxygen atoms in total. The minimum atomic E-state index is 1.16. The van der Waals surface area contributed by atoms with E-state index in [1.165, 1.54) is 87.5 Å². The Kier molecular flexibility index (Phi) is 6.25. The minimum absolute atomic E-state index is 1.16. The third-order valence-corrected chi connectivity index (χ3v) is 10.2. The number of benzene rings is 9. The Bertz CT molecular complexity index is 2870. The van der Waals surface area contributed by atoms with E-state index in [1.54, 1.807) is 0 Å².